The number of nitrogens with zero attached hydrogens (tertiary/aromatic N) is 2. The van der Waals surface area contributed by atoms with Crippen molar-refractivity contribution >= 4 is 11.7 Å². The standard InChI is InChI=1S/C12H12FN3O3/c1-7-11(16-19-15-7)14-12(17)8(2)18-10-5-3-9(13)4-6-10/h3-6,8H,1-2H3,(H,14,16,17). The second-order valence-corrected chi connectivity index (χ2v) is 3.90. The van der Waals surface area contributed by atoms with E-state index < -0.39 is 12.0 Å². The summed E-state index contributed by atoms with van der Waals surface area (Å²) in [5.74, 6) is -0.115. The Bertz CT molecular complexity index is 568. The van der Waals surface area contributed by atoms with Gasteiger partial charge in [-0.1, -0.05) is 5.16 Å². The van der Waals surface area contributed by atoms with Crippen molar-refractivity contribution in [3.8, 4) is 5.75 Å². The van der Waals surface area contributed by atoms with Gasteiger partial charge in [-0.15, -0.1) is 0 Å². The van der Waals surface area contributed by atoms with Crippen LogP contribution in [0.1, 0.15) is 12.6 Å². The summed E-state index contributed by atoms with van der Waals surface area (Å²) in [6.07, 6.45) is -0.762. The Balaban J connectivity index is 1.96. The minimum Gasteiger partial charge on any atom is -0.481 e. The number of rotatable bonds is 4. The molecule has 1 amide bonds. The van der Waals surface area contributed by atoms with Crippen molar-refractivity contribution in [1.29, 1.82) is 0 Å². The van der Waals surface area contributed by atoms with Crippen molar-refractivity contribution in [2.24, 2.45) is 0 Å². The Morgan fingerprint density at radius 1 is 1.37 bits per heavy atom. The largest absolute Gasteiger partial charge is 0.481 e. The Morgan fingerprint density at radius 2 is 2.05 bits per heavy atom. The molecule has 1 N–H and O–H groups in total. The lowest BCUT2D eigenvalue weighted by Gasteiger charge is -2.13. The highest BCUT2D eigenvalue weighted by molar-refractivity contribution is 5.93. The van der Waals surface area contributed by atoms with Gasteiger partial charge in [0.15, 0.2) is 11.9 Å². The van der Waals surface area contributed by atoms with E-state index in [1.807, 2.05) is 0 Å². The molecule has 2 rings (SSSR count). The molecule has 0 aliphatic rings. The lowest BCUT2D eigenvalue weighted by Crippen LogP contribution is -2.30. The zero-order chi connectivity index (χ0) is 13.8. The van der Waals surface area contributed by atoms with E-state index in [0.717, 1.165) is 0 Å². The van der Waals surface area contributed by atoms with Crippen LogP contribution in [0.15, 0.2) is 28.9 Å². The third kappa shape index (κ3) is 3.27. The van der Waals surface area contributed by atoms with Gasteiger partial charge in [-0.3, -0.25) is 4.79 Å². The maximum Gasteiger partial charge on any atom is 0.266 e. The predicted octanol–water partition coefficient (Wildman–Crippen LogP) is 1.92. The molecule has 6 nitrogen and oxygen atoms in total. The van der Waals surface area contributed by atoms with E-state index in [0.29, 0.717) is 11.4 Å². The van der Waals surface area contributed by atoms with Crippen LogP contribution in [0.4, 0.5) is 10.2 Å². The number of ether oxygens (including phenoxy) is 1. The molecule has 0 aliphatic heterocycles. The number of aryl methyl sites for hydroxylation is 1. The molecule has 1 aromatic heterocycles. The smallest absolute Gasteiger partial charge is 0.266 e. The van der Waals surface area contributed by atoms with E-state index in [2.05, 4.69) is 20.3 Å². The van der Waals surface area contributed by atoms with Crippen LogP contribution in [0.5, 0.6) is 5.75 Å². The molecule has 2 aromatic rings. The van der Waals surface area contributed by atoms with Crippen molar-refractivity contribution in [2.45, 2.75) is 20.0 Å². The van der Waals surface area contributed by atoms with E-state index >= 15 is 0 Å². The quantitative estimate of drug-likeness (QED) is 0.913. The number of nitrogens with one attached hydrogen (secondary N) is 1. The molecule has 1 unspecified atom stereocenters. The molecule has 0 aliphatic carbocycles. The first-order valence-corrected chi connectivity index (χ1v) is 5.58. The van der Waals surface area contributed by atoms with Crippen LogP contribution in [0, 0.1) is 12.7 Å². The highest BCUT2D eigenvalue weighted by atomic mass is 19.1. The zero-order valence-corrected chi connectivity index (χ0v) is 10.4. The summed E-state index contributed by atoms with van der Waals surface area (Å²) < 4.78 is 22.5. The Hall–Kier alpha value is -2.44. The summed E-state index contributed by atoms with van der Waals surface area (Å²) in [6.45, 7) is 3.22. The van der Waals surface area contributed by atoms with Gasteiger partial charge in [0.05, 0.1) is 0 Å². The van der Waals surface area contributed by atoms with E-state index in [9.17, 15) is 9.18 Å². The molecule has 0 bridgehead atoms. The van der Waals surface area contributed by atoms with E-state index in [4.69, 9.17) is 4.74 Å². The number of hydrogen-bond donors (Lipinski definition) is 1. The van der Waals surface area contributed by atoms with E-state index in [1.165, 1.54) is 24.3 Å². The average molecular weight is 265 g/mol. The topological polar surface area (TPSA) is 77.3 Å². The van der Waals surface area contributed by atoms with Crippen LogP contribution in [0.2, 0.25) is 0 Å². The van der Waals surface area contributed by atoms with Gasteiger partial charge in [-0.05, 0) is 43.3 Å². The highest BCUT2D eigenvalue weighted by Gasteiger charge is 2.17. The van der Waals surface area contributed by atoms with Gasteiger partial charge >= 0.3 is 0 Å². The molecule has 0 saturated carbocycles. The Kier molecular flexibility index (Phi) is 3.74. The Morgan fingerprint density at radius 3 is 2.63 bits per heavy atom. The number of anilines is 1. The first kappa shape index (κ1) is 13.0. The number of carbonyl (C=O) groups excluding carboxylic acids is 1. The molecule has 19 heavy (non-hydrogen) atoms. The highest BCUT2D eigenvalue weighted by Crippen LogP contribution is 2.14. The number of amides is 1. The normalized spacial score (nSPS) is 11.9. The van der Waals surface area contributed by atoms with E-state index in [-0.39, 0.29) is 11.6 Å². The summed E-state index contributed by atoms with van der Waals surface area (Å²) in [5.41, 5.74) is 0.474. The molecule has 0 spiro atoms. The van der Waals surface area contributed by atoms with Crippen molar-refractivity contribution in [1.82, 2.24) is 10.3 Å². The number of carbonyl (C=O) groups is 1. The number of halogens is 1. The van der Waals surface area contributed by atoms with Crippen LogP contribution in [-0.2, 0) is 4.79 Å². The summed E-state index contributed by atoms with van der Waals surface area (Å²) >= 11 is 0. The molecule has 100 valence electrons. The van der Waals surface area contributed by atoms with Gasteiger partial charge in [0.2, 0.25) is 0 Å². The molecular weight excluding hydrogens is 253 g/mol. The van der Waals surface area contributed by atoms with Crippen molar-refractivity contribution in [2.75, 3.05) is 5.32 Å². The lowest BCUT2D eigenvalue weighted by molar-refractivity contribution is -0.122. The summed E-state index contributed by atoms with van der Waals surface area (Å²) in [7, 11) is 0. The predicted molar refractivity (Wildman–Crippen MR) is 64.2 cm³/mol. The Labute approximate surface area is 108 Å². The minimum atomic E-state index is -0.762. The van der Waals surface area contributed by atoms with Gasteiger partial charge < -0.3 is 10.1 Å². The molecular formula is C12H12FN3O3. The van der Waals surface area contributed by atoms with Crippen LogP contribution in [-0.4, -0.2) is 22.3 Å². The fourth-order valence-corrected chi connectivity index (χ4v) is 1.33. The lowest BCUT2D eigenvalue weighted by atomic mass is 10.3. The molecule has 1 atom stereocenters. The number of aromatic nitrogens is 2. The van der Waals surface area contributed by atoms with Gasteiger partial charge in [-0.25, -0.2) is 9.02 Å². The van der Waals surface area contributed by atoms with Crippen molar-refractivity contribution in [3.05, 3.63) is 35.8 Å². The SMILES string of the molecule is Cc1nonc1NC(=O)C(C)Oc1ccc(F)cc1. The van der Waals surface area contributed by atoms with Crippen molar-refractivity contribution < 1.29 is 18.6 Å². The van der Waals surface area contributed by atoms with Gasteiger partial charge in [-0.2, -0.15) is 0 Å². The second-order valence-electron chi connectivity index (χ2n) is 3.90. The average Bonchev–Trinajstić information content (AvgIpc) is 2.78. The fourth-order valence-electron chi connectivity index (χ4n) is 1.33. The first-order chi connectivity index (χ1) is 9.06. The maximum absolute atomic E-state index is 12.7. The third-order valence-electron chi connectivity index (χ3n) is 2.39. The van der Waals surface area contributed by atoms with Crippen LogP contribution in [0.3, 0.4) is 0 Å². The molecule has 1 aromatic carbocycles. The van der Waals surface area contributed by atoms with Crippen LogP contribution < -0.4 is 10.1 Å². The third-order valence-corrected chi connectivity index (χ3v) is 2.39. The zero-order valence-electron chi connectivity index (χ0n) is 10.4. The monoisotopic (exact) mass is 265 g/mol. The van der Waals surface area contributed by atoms with Gasteiger partial charge in [0.1, 0.15) is 17.3 Å². The molecule has 1 heterocycles. The van der Waals surface area contributed by atoms with Crippen LogP contribution in [0.25, 0.3) is 0 Å². The molecule has 0 fully saturated rings. The van der Waals surface area contributed by atoms with Crippen molar-refractivity contribution in [3.63, 3.8) is 0 Å². The van der Waals surface area contributed by atoms with Gasteiger partial charge in [0, 0.05) is 0 Å². The molecule has 0 saturated heterocycles. The van der Waals surface area contributed by atoms with E-state index in [1.54, 1.807) is 13.8 Å². The number of hydrogen-bond acceptors (Lipinski definition) is 5. The number of benzene rings is 1. The fraction of sp³-hybridized carbons (Fsp3) is 0.250. The summed E-state index contributed by atoms with van der Waals surface area (Å²) in [4.78, 5) is 11.8. The molecule has 0 radical (unpaired) electrons. The van der Waals surface area contributed by atoms with Gasteiger partial charge in [0.25, 0.3) is 5.91 Å². The maximum atomic E-state index is 12.7. The summed E-state index contributed by atoms with van der Waals surface area (Å²) in [5, 5.41) is 9.59. The second kappa shape index (κ2) is 5.47. The molecule has 7 heteroatoms. The van der Waals surface area contributed by atoms with Crippen LogP contribution >= 0.6 is 0 Å². The first-order valence-electron chi connectivity index (χ1n) is 5.58. The summed E-state index contributed by atoms with van der Waals surface area (Å²) in [6, 6.07) is 5.40. The minimum absolute atomic E-state index is 0.250.